The summed E-state index contributed by atoms with van der Waals surface area (Å²) >= 11 is 6.02. The molecule has 8 nitrogen and oxygen atoms in total. The number of hydrogen-bond donors (Lipinski definition) is 1. The topological polar surface area (TPSA) is 96.0 Å². The fourth-order valence-electron chi connectivity index (χ4n) is 4.36. The van der Waals surface area contributed by atoms with E-state index < -0.39 is 28.5 Å². The van der Waals surface area contributed by atoms with Gasteiger partial charge in [-0.05, 0) is 72.9 Å². The molecule has 0 aliphatic heterocycles. The second-order valence-electron chi connectivity index (χ2n) is 10.2. The summed E-state index contributed by atoms with van der Waals surface area (Å²) in [5.41, 5.74) is 1.83. The molecule has 41 heavy (non-hydrogen) atoms. The molecule has 220 valence electrons. The van der Waals surface area contributed by atoms with Crippen LogP contribution in [0, 0.1) is 12.8 Å². The van der Waals surface area contributed by atoms with Gasteiger partial charge in [0.05, 0.1) is 17.7 Å². The van der Waals surface area contributed by atoms with Gasteiger partial charge in [0.2, 0.25) is 11.8 Å². The molecule has 2 amide bonds. The molecule has 10 heteroatoms. The van der Waals surface area contributed by atoms with Crippen molar-refractivity contribution >= 4 is 39.1 Å². The Balaban J connectivity index is 2.05. The van der Waals surface area contributed by atoms with Crippen molar-refractivity contribution in [1.29, 1.82) is 0 Å². The average Bonchev–Trinajstić information content (AvgIpc) is 2.95. The molecule has 0 radical (unpaired) electrons. The molecular weight excluding hydrogens is 562 g/mol. The fraction of sp³-hybridized carbons (Fsp3) is 0.355. The summed E-state index contributed by atoms with van der Waals surface area (Å²) in [5.74, 6) is 0.0932. The van der Waals surface area contributed by atoms with Gasteiger partial charge >= 0.3 is 0 Å². The van der Waals surface area contributed by atoms with Crippen LogP contribution in [0.4, 0.5) is 5.69 Å². The van der Waals surface area contributed by atoms with Gasteiger partial charge in [0.1, 0.15) is 18.3 Å². The smallest absolute Gasteiger partial charge is 0.264 e. The van der Waals surface area contributed by atoms with Crippen molar-refractivity contribution in [3.63, 3.8) is 0 Å². The normalized spacial score (nSPS) is 12.1. The number of carbonyl (C=O) groups excluding carboxylic acids is 2. The lowest BCUT2D eigenvalue weighted by molar-refractivity contribution is -0.140. The Morgan fingerprint density at radius 1 is 0.976 bits per heavy atom. The molecule has 0 aromatic heterocycles. The van der Waals surface area contributed by atoms with Gasteiger partial charge in [-0.3, -0.25) is 13.9 Å². The summed E-state index contributed by atoms with van der Waals surface area (Å²) < 4.78 is 34.3. The molecule has 0 aliphatic carbocycles. The summed E-state index contributed by atoms with van der Waals surface area (Å²) in [6.45, 7) is 7.66. The second kappa shape index (κ2) is 14.4. The lowest BCUT2D eigenvalue weighted by atomic mass is 10.1. The van der Waals surface area contributed by atoms with Crippen molar-refractivity contribution in [2.45, 2.75) is 51.6 Å². The van der Waals surface area contributed by atoms with Crippen LogP contribution in [0.25, 0.3) is 0 Å². The summed E-state index contributed by atoms with van der Waals surface area (Å²) in [6, 6.07) is 19.2. The minimum atomic E-state index is -4.17. The first-order valence-electron chi connectivity index (χ1n) is 13.5. The monoisotopic (exact) mass is 599 g/mol. The van der Waals surface area contributed by atoms with Crippen LogP contribution in [0.1, 0.15) is 38.3 Å². The SMILES string of the molecule is CC[C@@H](C(=O)NCC(C)C)N(Cc1ccc(OC)cc1)C(=O)CN(c1ccccc1C)S(=O)(=O)c1ccc(Cl)cc1. The first kappa shape index (κ1) is 32.0. The Labute approximate surface area is 248 Å². The molecular formula is C31H38ClN3O5S. The predicted octanol–water partition coefficient (Wildman–Crippen LogP) is 5.43. The van der Waals surface area contributed by atoms with Crippen LogP contribution in [-0.4, -0.2) is 51.4 Å². The van der Waals surface area contributed by atoms with Crippen LogP contribution in [0.5, 0.6) is 5.75 Å². The Bertz CT molecular complexity index is 1430. The van der Waals surface area contributed by atoms with Gasteiger partial charge in [-0.15, -0.1) is 0 Å². The number of carbonyl (C=O) groups is 2. The summed E-state index contributed by atoms with van der Waals surface area (Å²) in [7, 11) is -2.60. The minimum absolute atomic E-state index is 0.00127. The molecule has 3 aromatic carbocycles. The maximum absolute atomic E-state index is 14.1. The lowest BCUT2D eigenvalue weighted by Crippen LogP contribution is -2.52. The Morgan fingerprint density at radius 3 is 2.17 bits per heavy atom. The van der Waals surface area contributed by atoms with E-state index in [4.69, 9.17) is 16.3 Å². The van der Waals surface area contributed by atoms with E-state index >= 15 is 0 Å². The van der Waals surface area contributed by atoms with E-state index in [0.717, 1.165) is 9.87 Å². The third-order valence-corrected chi connectivity index (χ3v) is 8.67. The number of para-hydroxylation sites is 1. The number of anilines is 1. The number of halogens is 1. The zero-order valence-corrected chi connectivity index (χ0v) is 25.7. The number of amides is 2. The number of nitrogens with one attached hydrogen (secondary N) is 1. The highest BCUT2D eigenvalue weighted by atomic mass is 35.5. The summed E-state index contributed by atoms with van der Waals surface area (Å²) in [5, 5.41) is 3.33. The maximum Gasteiger partial charge on any atom is 0.264 e. The first-order valence-corrected chi connectivity index (χ1v) is 15.3. The molecule has 0 saturated heterocycles. The molecule has 0 fully saturated rings. The van der Waals surface area contributed by atoms with Gasteiger partial charge in [0, 0.05) is 18.1 Å². The van der Waals surface area contributed by atoms with E-state index in [0.29, 0.717) is 35.0 Å². The van der Waals surface area contributed by atoms with Gasteiger partial charge in [-0.2, -0.15) is 0 Å². The van der Waals surface area contributed by atoms with Crippen LogP contribution < -0.4 is 14.4 Å². The molecule has 1 atom stereocenters. The minimum Gasteiger partial charge on any atom is -0.497 e. The quantitative estimate of drug-likeness (QED) is 0.283. The number of rotatable bonds is 13. The molecule has 0 saturated carbocycles. The van der Waals surface area contributed by atoms with Crippen molar-refractivity contribution in [2.75, 3.05) is 24.5 Å². The third-order valence-electron chi connectivity index (χ3n) is 6.65. The van der Waals surface area contributed by atoms with E-state index in [1.165, 1.54) is 29.2 Å². The first-order chi connectivity index (χ1) is 19.5. The molecule has 3 aromatic rings. The van der Waals surface area contributed by atoms with Crippen molar-refractivity contribution < 1.29 is 22.7 Å². The predicted molar refractivity (Wildman–Crippen MR) is 163 cm³/mol. The Morgan fingerprint density at radius 2 is 1.61 bits per heavy atom. The van der Waals surface area contributed by atoms with Gasteiger partial charge in [-0.1, -0.05) is 62.7 Å². The standard InChI is InChI=1S/C31H38ClN3O5S/c1-6-28(31(37)33-19-22(2)3)34(20-24-11-15-26(40-5)16-12-24)30(36)21-35(29-10-8-7-9-23(29)4)41(38,39)27-17-13-25(32)14-18-27/h7-18,22,28H,6,19-21H2,1-5H3,(H,33,37)/t28-/m0/s1. The maximum atomic E-state index is 14.1. The van der Waals surface area contributed by atoms with E-state index in [-0.39, 0.29) is 23.3 Å². The number of methoxy groups -OCH3 is 1. The van der Waals surface area contributed by atoms with Crippen molar-refractivity contribution in [1.82, 2.24) is 10.2 Å². The molecule has 0 aliphatic rings. The van der Waals surface area contributed by atoms with Crippen LogP contribution in [0.15, 0.2) is 77.7 Å². The Hall–Kier alpha value is -3.56. The molecule has 3 rings (SSSR count). The number of benzene rings is 3. The van der Waals surface area contributed by atoms with E-state index in [9.17, 15) is 18.0 Å². The summed E-state index contributed by atoms with van der Waals surface area (Å²) in [4.78, 5) is 28.9. The van der Waals surface area contributed by atoms with Gasteiger partial charge in [0.15, 0.2) is 0 Å². The zero-order chi connectivity index (χ0) is 30.2. The zero-order valence-electron chi connectivity index (χ0n) is 24.1. The highest BCUT2D eigenvalue weighted by Gasteiger charge is 2.34. The summed E-state index contributed by atoms with van der Waals surface area (Å²) in [6.07, 6.45) is 0.347. The molecule has 0 spiro atoms. The number of sulfonamides is 1. The van der Waals surface area contributed by atoms with Crippen molar-refractivity contribution in [3.05, 3.63) is 88.9 Å². The van der Waals surface area contributed by atoms with Crippen molar-refractivity contribution in [2.24, 2.45) is 5.92 Å². The van der Waals surface area contributed by atoms with E-state index in [1.54, 1.807) is 50.4 Å². The lowest BCUT2D eigenvalue weighted by Gasteiger charge is -2.33. The van der Waals surface area contributed by atoms with Gasteiger partial charge < -0.3 is 15.0 Å². The second-order valence-corrected chi connectivity index (χ2v) is 12.5. The molecule has 1 N–H and O–H groups in total. The number of ether oxygens (including phenoxy) is 1. The molecule has 0 heterocycles. The number of nitrogens with zero attached hydrogens (tertiary/aromatic N) is 2. The Kier molecular flexibility index (Phi) is 11.2. The van der Waals surface area contributed by atoms with E-state index in [1.807, 2.05) is 32.9 Å². The average molecular weight is 600 g/mol. The van der Waals surface area contributed by atoms with Gasteiger partial charge in [-0.25, -0.2) is 8.42 Å². The third kappa shape index (κ3) is 8.24. The molecule has 0 unspecified atom stereocenters. The highest BCUT2D eigenvalue weighted by molar-refractivity contribution is 7.92. The van der Waals surface area contributed by atoms with Crippen LogP contribution in [0.3, 0.4) is 0 Å². The van der Waals surface area contributed by atoms with Crippen LogP contribution in [-0.2, 0) is 26.2 Å². The molecule has 0 bridgehead atoms. The largest absolute Gasteiger partial charge is 0.497 e. The van der Waals surface area contributed by atoms with Crippen LogP contribution in [0.2, 0.25) is 5.02 Å². The fourth-order valence-corrected chi connectivity index (χ4v) is 5.96. The van der Waals surface area contributed by atoms with Crippen molar-refractivity contribution in [3.8, 4) is 5.75 Å². The van der Waals surface area contributed by atoms with Gasteiger partial charge in [0.25, 0.3) is 10.0 Å². The van der Waals surface area contributed by atoms with Crippen LogP contribution >= 0.6 is 11.6 Å². The highest BCUT2D eigenvalue weighted by Crippen LogP contribution is 2.28. The number of aryl methyl sites for hydroxylation is 1. The van der Waals surface area contributed by atoms with E-state index in [2.05, 4.69) is 5.32 Å². The number of hydrogen-bond acceptors (Lipinski definition) is 5.